The van der Waals surface area contributed by atoms with Gasteiger partial charge in [-0.15, -0.1) is 0 Å². The molecule has 0 aromatic heterocycles. The van der Waals surface area contributed by atoms with Gasteiger partial charge in [-0.2, -0.15) is 0 Å². The Bertz CT molecular complexity index is 559. The normalized spacial score (nSPS) is 17.0. The van der Waals surface area contributed by atoms with E-state index < -0.39 is 0 Å². The highest BCUT2D eigenvalue weighted by Crippen LogP contribution is 2.20. The summed E-state index contributed by atoms with van der Waals surface area (Å²) < 4.78 is 10.2. The van der Waals surface area contributed by atoms with E-state index in [1.165, 1.54) is 0 Å². The molecule has 1 aliphatic heterocycles. The Kier molecular flexibility index (Phi) is 7.57. The van der Waals surface area contributed by atoms with E-state index in [0.717, 1.165) is 37.0 Å². The summed E-state index contributed by atoms with van der Waals surface area (Å²) in [6, 6.07) is 7.66. The SMILES string of the molecule is CCOC(=O)CC1CCCCN1C(=O)NCCc1ccc(OC)cc1. The third-order valence-corrected chi connectivity index (χ3v) is 4.44. The molecule has 1 N–H and O–H groups in total. The zero-order valence-corrected chi connectivity index (χ0v) is 15.1. The summed E-state index contributed by atoms with van der Waals surface area (Å²) in [4.78, 5) is 26.0. The number of rotatable bonds is 7. The van der Waals surface area contributed by atoms with Gasteiger partial charge in [0.2, 0.25) is 0 Å². The van der Waals surface area contributed by atoms with Crippen LogP contribution < -0.4 is 10.1 Å². The second kappa shape index (κ2) is 9.91. The van der Waals surface area contributed by atoms with Crippen LogP contribution in [0.2, 0.25) is 0 Å². The number of carbonyl (C=O) groups excluding carboxylic acids is 2. The molecule has 1 aromatic rings. The topological polar surface area (TPSA) is 67.9 Å². The lowest BCUT2D eigenvalue weighted by Gasteiger charge is -2.35. The summed E-state index contributed by atoms with van der Waals surface area (Å²) in [6.07, 6.45) is 3.90. The molecule has 1 saturated heterocycles. The van der Waals surface area contributed by atoms with Crippen molar-refractivity contribution < 1.29 is 19.1 Å². The molecule has 6 nitrogen and oxygen atoms in total. The minimum Gasteiger partial charge on any atom is -0.497 e. The van der Waals surface area contributed by atoms with Gasteiger partial charge < -0.3 is 19.7 Å². The molecule has 1 unspecified atom stereocenters. The fourth-order valence-electron chi connectivity index (χ4n) is 3.10. The van der Waals surface area contributed by atoms with Gasteiger partial charge in [0.1, 0.15) is 5.75 Å². The number of nitrogens with zero attached hydrogens (tertiary/aromatic N) is 1. The third-order valence-electron chi connectivity index (χ3n) is 4.44. The van der Waals surface area contributed by atoms with Crippen LogP contribution in [0.25, 0.3) is 0 Å². The number of urea groups is 1. The van der Waals surface area contributed by atoms with Gasteiger partial charge in [-0.3, -0.25) is 4.79 Å². The molecule has 25 heavy (non-hydrogen) atoms. The average molecular weight is 348 g/mol. The highest BCUT2D eigenvalue weighted by molar-refractivity contribution is 5.76. The van der Waals surface area contributed by atoms with Gasteiger partial charge in [0, 0.05) is 19.1 Å². The summed E-state index contributed by atoms with van der Waals surface area (Å²) in [5, 5.41) is 2.97. The summed E-state index contributed by atoms with van der Waals surface area (Å²) in [7, 11) is 1.64. The number of methoxy groups -OCH3 is 1. The lowest BCUT2D eigenvalue weighted by Crippen LogP contribution is -2.49. The van der Waals surface area contributed by atoms with Crippen LogP contribution in [0, 0.1) is 0 Å². The summed E-state index contributed by atoms with van der Waals surface area (Å²) in [6.45, 7) is 3.42. The van der Waals surface area contributed by atoms with Crippen LogP contribution in [0.3, 0.4) is 0 Å². The van der Waals surface area contributed by atoms with Gasteiger partial charge in [-0.1, -0.05) is 12.1 Å². The molecule has 1 heterocycles. The number of likely N-dealkylation sites (tertiary alicyclic amines) is 1. The number of nitrogens with one attached hydrogen (secondary N) is 1. The van der Waals surface area contributed by atoms with Crippen LogP contribution in [-0.4, -0.2) is 49.7 Å². The van der Waals surface area contributed by atoms with Crippen LogP contribution in [-0.2, 0) is 16.0 Å². The van der Waals surface area contributed by atoms with Crippen LogP contribution in [0.1, 0.15) is 38.2 Å². The molecule has 2 amide bonds. The first-order valence-electron chi connectivity index (χ1n) is 8.97. The minimum absolute atomic E-state index is 0.0613. The number of carbonyl (C=O) groups is 2. The number of piperidine rings is 1. The second-order valence-corrected chi connectivity index (χ2v) is 6.18. The molecule has 0 saturated carbocycles. The third kappa shape index (κ3) is 5.96. The number of esters is 1. The van der Waals surface area contributed by atoms with Gasteiger partial charge in [-0.25, -0.2) is 4.79 Å². The number of amides is 2. The van der Waals surface area contributed by atoms with E-state index in [-0.39, 0.29) is 24.5 Å². The van der Waals surface area contributed by atoms with Gasteiger partial charge in [0.15, 0.2) is 0 Å². The maximum Gasteiger partial charge on any atom is 0.317 e. The molecule has 0 aliphatic carbocycles. The van der Waals surface area contributed by atoms with Crippen molar-refractivity contribution in [3.8, 4) is 5.75 Å². The van der Waals surface area contributed by atoms with Crippen LogP contribution in [0.4, 0.5) is 4.79 Å². The second-order valence-electron chi connectivity index (χ2n) is 6.18. The Hall–Kier alpha value is -2.24. The van der Waals surface area contributed by atoms with E-state index in [1.807, 2.05) is 24.3 Å². The van der Waals surface area contributed by atoms with Crippen LogP contribution >= 0.6 is 0 Å². The molecule has 1 aliphatic rings. The van der Waals surface area contributed by atoms with E-state index in [4.69, 9.17) is 9.47 Å². The number of hydrogen-bond acceptors (Lipinski definition) is 4. The molecule has 1 fully saturated rings. The van der Waals surface area contributed by atoms with Crippen molar-refractivity contribution in [1.29, 1.82) is 0 Å². The molecule has 6 heteroatoms. The molecular formula is C19H28N2O4. The fraction of sp³-hybridized carbons (Fsp3) is 0.579. The van der Waals surface area contributed by atoms with Crippen molar-refractivity contribution in [2.45, 2.75) is 45.1 Å². The van der Waals surface area contributed by atoms with Gasteiger partial charge in [-0.05, 0) is 50.3 Å². The van der Waals surface area contributed by atoms with E-state index in [9.17, 15) is 9.59 Å². The first-order chi connectivity index (χ1) is 12.1. The number of benzene rings is 1. The molecule has 0 radical (unpaired) electrons. The Morgan fingerprint density at radius 3 is 2.68 bits per heavy atom. The largest absolute Gasteiger partial charge is 0.497 e. The molecular weight excluding hydrogens is 320 g/mol. The fourth-order valence-corrected chi connectivity index (χ4v) is 3.10. The van der Waals surface area contributed by atoms with Crippen molar-refractivity contribution in [3.05, 3.63) is 29.8 Å². The number of ether oxygens (including phenoxy) is 2. The van der Waals surface area contributed by atoms with E-state index >= 15 is 0 Å². The van der Waals surface area contributed by atoms with E-state index in [0.29, 0.717) is 19.7 Å². The lowest BCUT2D eigenvalue weighted by atomic mass is 10.00. The average Bonchev–Trinajstić information content (AvgIpc) is 2.63. The highest BCUT2D eigenvalue weighted by Gasteiger charge is 2.28. The van der Waals surface area contributed by atoms with Crippen LogP contribution in [0.15, 0.2) is 24.3 Å². The number of hydrogen-bond donors (Lipinski definition) is 1. The highest BCUT2D eigenvalue weighted by atomic mass is 16.5. The van der Waals surface area contributed by atoms with Gasteiger partial charge >= 0.3 is 12.0 Å². The van der Waals surface area contributed by atoms with E-state index in [1.54, 1.807) is 18.9 Å². The van der Waals surface area contributed by atoms with Gasteiger partial charge in [0.25, 0.3) is 0 Å². The zero-order valence-electron chi connectivity index (χ0n) is 15.1. The Labute approximate surface area is 149 Å². The smallest absolute Gasteiger partial charge is 0.317 e. The zero-order chi connectivity index (χ0) is 18.1. The Morgan fingerprint density at radius 1 is 1.24 bits per heavy atom. The summed E-state index contributed by atoms with van der Waals surface area (Å²) in [5.41, 5.74) is 1.14. The molecule has 0 spiro atoms. The van der Waals surface area contributed by atoms with Crippen molar-refractivity contribution >= 4 is 12.0 Å². The predicted octanol–water partition coefficient (Wildman–Crippen LogP) is 2.76. The van der Waals surface area contributed by atoms with Crippen molar-refractivity contribution in [2.24, 2.45) is 0 Å². The van der Waals surface area contributed by atoms with Crippen molar-refractivity contribution in [2.75, 3.05) is 26.8 Å². The first kappa shape index (κ1) is 19.1. The molecule has 1 aromatic carbocycles. The maximum atomic E-state index is 12.5. The minimum atomic E-state index is -0.231. The molecule has 2 rings (SSSR count). The quantitative estimate of drug-likeness (QED) is 0.770. The summed E-state index contributed by atoms with van der Waals surface area (Å²) >= 11 is 0. The first-order valence-corrected chi connectivity index (χ1v) is 8.97. The summed E-state index contributed by atoms with van der Waals surface area (Å²) in [5.74, 6) is 0.591. The van der Waals surface area contributed by atoms with Crippen molar-refractivity contribution in [3.63, 3.8) is 0 Å². The Morgan fingerprint density at radius 2 is 2.00 bits per heavy atom. The van der Waals surface area contributed by atoms with E-state index in [2.05, 4.69) is 5.32 Å². The van der Waals surface area contributed by atoms with Gasteiger partial charge in [0.05, 0.1) is 20.1 Å². The van der Waals surface area contributed by atoms with Crippen LogP contribution in [0.5, 0.6) is 5.75 Å². The monoisotopic (exact) mass is 348 g/mol. The lowest BCUT2D eigenvalue weighted by molar-refractivity contribution is -0.144. The molecule has 138 valence electrons. The standard InChI is InChI=1S/C19H28N2O4/c1-3-25-18(22)14-16-6-4-5-13-21(16)19(23)20-12-11-15-7-9-17(24-2)10-8-15/h7-10,16H,3-6,11-14H2,1-2H3,(H,20,23). The molecule has 1 atom stereocenters. The maximum absolute atomic E-state index is 12.5. The van der Waals surface area contributed by atoms with Crippen molar-refractivity contribution in [1.82, 2.24) is 10.2 Å². The predicted molar refractivity (Wildman–Crippen MR) is 95.7 cm³/mol. The Balaban J connectivity index is 1.81. The molecule has 0 bridgehead atoms.